The van der Waals surface area contributed by atoms with Crippen LogP contribution in [0.25, 0.3) is 0 Å². The van der Waals surface area contributed by atoms with Crippen molar-refractivity contribution < 1.29 is 22.7 Å². The zero-order chi connectivity index (χ0) is 17.8. The summed E-state index contributed by atoms with van der Waals surface area (Å²) in [6.45, 7) is -0.370. The smallest absolute Gasteiger partial charge is 0.262 e. The van der Waals surface area contributed by atoms with E-state index in [1.165, 1.54) is 5.56 Å². The minimum atomic E-state index is -1.63. The zero-order valence-corrected chi connectivity index (χ0v) is 14.6. The number of rotatable bonds is 5. The van der Waals surface area contributed by atoms with Gasteiger partial charge in [-0.1, -0.05) is 12.1 Å². The SMILES string of the molecule is O=C(COc1ccc(C2SCCS2)cc1)Nc1ccc(F)c(F)c1F. The number of carbonyl (C=O) groups is 1. The summed E-state index contributed by atoms with van der Waals surface area (Å²) in [5.74, 6) is -2.29. The molecule has 0 radical (unpaired) electrons. The first-order chi connectivity index (χ1) is 12.0. The second kappa shape index (κ2) is 8.05. The van der Waals surface area contributed by atoms with Crippen molar-refractivity contribution in [2.75, 3.05) is 23.4 Å². The van der Waals surface area contributed by atoms with Gasteiger partial charge >= 0.3 is 0 Å². The van der Waals surface area contributed by atoms with Crippen molar-refractivity contribution in [3.63, 3.8) is 0 Å². The van der Waals surface area contributed by atoms with Crippen molar-refractivity contribution in [3.8, 4) is 5.75 Å². The molecule has 0 saturated carbocycles. The Labute approximate surface area is 151 Å². The lowest BCUT2D eigenvalue weighted by molar-refractivity contribution is -0.118. The summed E-state index contributed by atoms with van der Waals surface area (Å²) in [4.78, 5) is 11.8. The molecule has 0 aromatic heterocycles. The lowest BCUT2D eigenvalue weighted by Gasteiger charge is -2.11. The highest BCUT2D eigenvalue weighted by Crippen LogP contribution is 2.45. The second-order valence-electron chi connectivity index (χ2n) is 5.20. The molecular formula is C17H14F3NO2S2. The van der Waals surface area contributed by atoms with E-state index >= 15 is 0 Å². The van der Waals surface area contributed by atoms with Crippen molar-refractivity contribution in [2.24, 2.45) is 0 Å². The van der Waals surface area contributed by atoms with Crippen molar-refractivity contribution in [1.29, 1.82) is 0 Å². The van der Waals surface area contributed by atoms with Crippen LogP contribution in [-0.4, -0.2) is 24.0 Å². The fourth-order valence-corrected chi connectivity index (χ4v) is 5.09. The van der Waals surface area contributed by atoms with Gasteiger partial charge in [-0.25, -0.2) is 13.2 Å². The molecule has 0 aliphatic carbocycles. The Morgan fingerprint density at radius 2 is 1.72 bits per heavy atom. The normalized spacial score (nSPS) is 14.5. The van der Waals surface area contributed by atoms with Gasteiger partial charge < -0.3 is 10.1 Å². The molecule has 3 nitrogen and oxygen atoms in total. The van der Waals surface area contributed by atoms with E-state index in [1.54, 1.807) is 12.1 Å². The van der Waals surface area contributed by atoms with E-state index in [-0.39, 0.29) is 6.61 Å². The molecule has 0 spiro atoms. The van der Waals surface area contributed by atoms with Gasteiger partial charge in [0.25, 0.3) is 5.91 Å². The molecule has 0 unspecified atom stereocenters. The van der Waals surface area contributed by atoms with Crippen molar-refractivity contribution in [2.45, 2.75) is 4.58 Å². The van der Waals surface area contributed by atoms with E-state index in [0.29, 0.717) is 10.3 Å². The molecule has 132 valence electrons. The summed E-state index contributed by atoms with van der Waals surface area (Å²) >= 11 is 3.78. The van der Waals surface area contributed by atoms with Gasteiger partial charge in [0.05, 0.1) is 10.3 Å². The molecule has 25 heavy (non-hydrogen) atoms. The predicted molar refractivity (Wildman–Crippen MR) is 94.5 cm³/mol. The maximum atomic E-state index is 13.5. The summed E-state index contributed by atoms with van der Waals surface area (Å²) in [6, 6.07) is 9.11. The lowest BCUT2D eigenvalue weighted by atomic mass is 10.2. The van der Waals surface area contributed by atoms with Gasteiger partial charge in [-0.3, -0.25) is 4.79 Å². The summed E-state index contributed by atoms with van der Waals surface area (Å²) < 4.78 is 45.2. The van der Waals surface area contributed by atoms with E-state index in [2.05, 4.69) is 5.32 Å². The van der Waals surface area contributed by atoms with Crippen LogP contribution in [0.3, 0.4) is 0 Å². The topological polar surface area (TPSA) is 38.3 Å². The Bertz CT molecular complexity index is 765. The minimum absolute atomic E-state index is 0.370. The quantitative estimate of drug-likeness (QED) is 0.764. The Balaban J connectivity index is 1.54. The van der Waals surface area contributed by atoms with Gasteiger partial charge in [0, 0.05) is 11.5 Å². The summed E-state index contributed by atoms with van der Waals surface area (Å²) in [6.07, 6.45) is 0. The molecule has 0 bridgehead atoms. The van der Waals surface area contributed by atoms with E-state index in [1.807, 2.05) is 35.7 Å². The van der Waals surface area contributed by atoms with Gasteiger partial charge in [0.1, 0.15) is 5.75 Å². The number of hydrogen-bond acceptors (Lipinski definition) is 4. The third-order valence-electron chi connectivity index (χ3n) is 3.45. The van der Waals surface area contributed by atoms with Crippen molar-refractivity contribution >= 4 is 35.1 Å². The number of thioether (sulfide) groups is 2. The molecule has 1 amide bonds. The number of amides is 1. The van der Waals surface area contributed by atoms with E-state index in [4.69, 9.17) is 4.74 Å². The van der Waals surface area contributed by atoms with Gasteiger partial charge in [-0.15, -0.1) is 23.5 Å². The Morgan fingerprint density at radius 1 is 1.04 bits per heavy atom. The fourth-order valence-electron chi connectivity index (χ4n) is 2.23. The highest BCUT2D eigenvalue weighted by molar-refractivity contribution is 8.19. The lowest BCUT2D eigenvalue weighted by Crippen LogP contribution is -2.21. The van der Waals surface area contributed by atoms with Crippen molar-refractivity contribution in [1.82, 2.24) is 0 Å². The van der Waals surface area contributed by atoms with E-state index < -0.39 is 29.0 Å². The molecule has 1 heterocycles. The minimum Gasteiger partial charge on any atom is -0.484 e. The second-order valence-corrected chi connectivity index (χ2v) is 7.93. The van der Waals surface area contributed by atoms with Crippen LogP contribution in [0, 0.1) is 17.5 Å². The highest BCUT2D eigenvalue weighted by atomic mass is 32.2. The average molecular weight is 385 g/mol. The molecule has 1 N–H and O–H groups in total. The summed E-state index contributed by atoms with van der Waals surface area (Å²) in [5, 5.41) is 2.15. The first-order valence-electron chi connectivity index (χ1n) is 7.44. The third-order valence-corrected chi connectivity index (χ3v) is 6.56. The first-order valence-corrected chi connectivity index (χ1v) is 9.53. The summed E-state index contributed by atoms with van der Waals surface area (Å²) in [7, 11) is 0. The van der Waals surface area contributed by atoms with Crippen LogP contribution in [0.5, 0.6) is 5.75 Å². The van der Waals surface area contributed by atoms with Gasteiger partial charge in [-0.2, -0.15) is 0 Å². The number of ether oxygens (including phenoxy) is 1. The van der Waals surface area contributed by atoms with Crippen LogP contribution in [0.1, 0.15) is 10.1 Å². The Hall–Kier alpha value is -1.80. The molecule has 0 atom stereocenters. The maximum Gasteiger partial charge on any atom is 0.262 e. The van der Waals surface area contributed by atoms with Gasteiger partial charge in [0.2, 0.25) is 0 Å². The van der Waals surface area contributed by atoms with E-state index in [0.717, 1.165) is 23.6 Å². The van der Waals surface area contributed by atoms with Crippen LogP contribution >= 0.6 is 23.5 Å². The molecule has 3 rings (SSSR count). The van der Waals surface area contributed by atoms with Crippen LogP contribution in [0.15, 0.2) is 36.4 Å². The largest absolute Gasteiger partial charge is 0.484 e. The zero-order valence-electron chi connectivity index (χ0n) is 12.9. The summed E-state index contributed by atoms with van der Waals surface area (Å²) in [5.41, 5.74) is 0.756. The Kier molecular flexibility index (Phi) is 5.80. The number of benzene rings is 2. The highest BCUT2D eigenvalue weighted by Gasteiger charge is 2.18. The third kappa shape index (κ3) is 4.43. The van der Waals surface area contributed by atoms with Crippen LogP contribution in [0.2, 0.25) is 0 Å². The molecule has 2 aromatic carbocycles. The molecular weight excluding hydrogens is 371 g/mol. The number of anilines is 1. The number of carbonyl (C=O) groups excluding carboxylic acids is 1. The van der Waals surface area contributed by atoms with Crippen LogP contribution in [0.4, 0.5) is 18.9 Å². The van der Waals surface area contributed by atoms with Crippen molar-refractivity contribution in [3.05, 3.63) is 59.4 Å². The average Bonchev–Trinajstić information content (AvgIpc) is 3.16. The predicted octanol–water partition coefficient (Wildman–Crippen LogP) is 4.60. The van der Waals surface area contributed by atoms with Crippen LogP contribution < -0.4 is 10.1 Å². The van der Waals surface area contributed by atoms with E-state index in [9.17, 15) is 18.0 Å². The number of halogens is 3. The molecule has 1 saturated heterocycles. The maximum absolute atomic E-state index is 13.5. The van der Waals surface area contributed by atoms with Crippen LogP contribution in [-0.2, 0) is 4.79 Å². The monoisotopic (exact) mass is 385 g/mol. The van der Waals surface area contributed by atoms with Gasteiger partial charge in [0.15, 0.2) is 24.1 Å². The standard InChI is InChI=1S/C17H14F3NO2S2/c18-12-5-6-13(16(20)15(12)19)21-14(22)9-23-11-3-1-10(2-4-11)17-24-7-8-25-17/h1-6,17H,7-9H2,(H,21,22). The molecule has 1 aliphatic heterocycles. The first kappa shape index (κ1) is 18.0. The van der Waals surface area contributed by atoms with Gasteiger partial charge in [-0.05, 0) is 29.8 Å². The Morgan fingerprint density at radius 3 is 2.40 bits per heavy atom. The molecule has 1 fully saturated rings. The molecule has 8 heteroatoms. The molecule has 2 aromatic rings. The fraction of sp³-hybridized carbons (Fsp3) is 0.235. The number of hydrogen-bond donors (Lipinski definition) is 1. The number of nitrogens with one attached hydrogen (secondary N) is 1. The molecule has 1 aliphatic rings.